The van der Waals surface area contributed by atoms with Crippen LogP contribution in [0.15, 0.2) is 24.3 Å². The lowest BCUT2D eigenvalue weighted by Crippen LogP contribution is -2.30. The Morgan fingerprint density at radius 2 is 1.61 bits per heavy atom. The number of carboxylic acid groups (broad SMARTS) is 1. The number of hydrogen-bond acceptors (Lipinski definition) is 2. The van der Waals surface area contributed by atoms with Crippen LogP contribution in [0, 0.1) is 11.8 Å². The molecule has 1 rings (SSSR count). The van der Waals surface area contributed by atoms with Crippen molar-refractivity contribution < 1.29 is 14.7 Å². The summed E-state index contributed by atoms with van der Waals surface area (Å²) in [6.45, 7) is 6.92. The highest BCUT2D eigenvalue weighted by molar-refractivity contribution is 5.95. The second-order valence-electron chi connectivity index (χ2n) is 4.81. The van der Waals surface area contributed by atoms with E-state index in [-0.39, 0.29) is 11.5 Å². The molecule has 98 valence electrons. The molecule has 0 aliphatic heterocycles. The van der Waals surface area contributed by atoms with Gasteiger partial charge in [-0.2, -0.15) is 0 Å². The van der Waals surface area contributed by atoms with Crippen molar-refractivity contribution in [1.82, 2.24) is 5.32 Å². The molecule has 1 unspecified atom stereocenters. The normalized spacial score (nSPS) is 12.2. The lowest BCUT2D eigenvalue weighted by Gasteiger charge is -2.16. The van der Waals surface area contributed by atoms with Crippen molar-refractivity contribution in [2.45, 2.75) is 20.8 Å². The third-order valence-corrected chi connectivity index (χ3v) is 3.12. The molecule has 0 spiro atoms. The van der Waals surface area contributed by atoms with Crippen molar-refractivity contribution in [3.05, 3.63) is 35.4 Å². The minimum absolute atomic E-state index is 0.167. The Morgan fingerprint density at radius 1 is 1.11 bits per heavy atom. The van der Waals surface area contributed by atoms with Gasteiger partial charge in [-0.15, -0.1) is 0 Å². The molecule has 0 radical (unpaired) electrons. The molecule has 1 atom stereocenters. The zero-order valence-corrected chi connectivity index (χ0v) is 10.9. The van der Waals surface area contributed by atoms with E-state index in [1.54, 1.807) is 0 Å². The van der Waals surface area contributed by atoms with Crippen molar-refractivity contribution in [2.24, 2.45) is 11.8 Å². The molecule has 0 saturated carbocycles. The Labute approximate surface area is 107 Å². The number of carbonyl (C=O) groups is 2. The van der Waals surface area contributed by atoms with Gasteiger partial charge in [0.15, 0.2) is 0 Å². The first-order chi connectivity index (χ1) is 8.41. The number of benzene rings is 1. The van der Waals surface area contributed by atoms with Gasteiger partial charge in [-0.25, -0.2) is 4.79 Å². The molecule has 1 amide bonds. The summed E-state index contributed by atoms with van der Waals surface area (Å²) in [6, 6.07) is 5.92. The van der Waals surface area contributed by atoms with Crippen molar-refractivity contribution in [2.75, 3.05) is 6.54 Å². The molecule has 0 aromatic heterocycles. The Kier molecular flexibility index (Phi) is 4.89. The number of carbonyl (C=O) groups excluding carboxylic acids is 1. The number of aromatic carboxylic acids is 1. The smallest absolute Gasteiger partial charge is 0.335 e. The molecule has 0 aliphatic rings. The lowest BCUT2D eigenvalue weighted by molar-refractivity contribution is 0.0696. The summed E-state index contributed by atoms with van der Waals surface area (Å²) in [5.74, 6) is -0.234. The zero-order valence-electron chi connectivity index (χ0n) is 10.9. The van der Waals surface area contributed by atoms with Crippen LogP contribution in [0.1, 0.15) is 41.5 Å². The summed E-state index contributed by atoms with van der Waals surface area (Å²) in [6.07, 6.45) is 0. The number of hydrogen-bond donors (Lipinski definition) is 2. The van der Waals surface area contributed by atoms with E-state index in [1.165, 1.54) is 24.3 Å². The van der Waals surface area contributed by atoms with E-state index in [9.17, 15) is 9.59 Å². The fraction of sp³-hybridized carbons (Fsp3) is 0.429. The quantitative estimate of drug-likeness (QED) is 0.842. The monoisotopic (exact) mass is 249 g/mol. The number of rotatable bonds is 5. The van der Waals surface area contributed by atoms with Gasteiger partial charge in [0.1, 0.15) is 0 Å². The maximum atomic E-state index is 11.8. The standard InChI is InChI=1S/C14H19NO3/c1-9(2)10(3)8-15-13(16)11-4-6-12(7-5-11)14(17)18/h4-7,9-10H,8H2,1-3H3,(H,15,16)(H,17,18). The summed E-state index contributed by atoms with van der Waals surface area (Å²) >= 11 is 0. The van der Waals surface area contributed by atoms with E-state index >= 15 is 0 Å². The lowest BCUT2D eigenvalue weighted by atomic mass is 9.98. The topological polar surface area (TPSA) is 66.4 Å². The molecule has 0 heterocycles. The summed E-state index contributed by atoms with van der Waals surface area (Å²) in [5, 5.41) is 11.6. The fourth-order valence-corrected chi connectivity index (χ4v) is 1.36. The Balaban J connectivity index is 2.59. The van der Waals surface area contributed by atoms with Gasteiger partial charge in [0, 0.05) is 12.1 Å². The first-order valence-corrected chi connectivity index (χ1v) is 6.03. The summed E-state index contributed by atoms with van der Waals surface area (Å²) in [7, 11) is 0. The molecule has 1 aromatic carbocycles. The predicted octanol–water partition coefficient (Wildman–Crippen LogP) is 2.41. The first-order valence-electron chi connectivity index (χ1n) is 6.03. The molecular formula is C14H19NO3. The second kappa shape index (κ2) is 6.19. The van der Waals surface area contributed by atoms with E-state index in [0.717, 1.165) is 0 Å². The van der Waals surface area contributed by atoms with Crippen molar-refractivity contribution in [3.63, 3.8) is 0 Å². The number of carboxylic acids is 1. The molecule has 1 aromatic rings. The van der Waals surface area contributed by atoms with Crippen LogP contribution >= 0.6 is 0 Å². The third-order valence-electron chi connectivity index (χ3n) is 3.12. The molecule has 0 bridgehead atoms. The Bertz CT molecular complexity index is 423. The van der Waals surface area contributed by atoms with Crippen molar-refractivity contribution >= 4 is 11.9 Å². The highest BCUT2D eigenvalue weighted by atomic mass is 16.4. The molecule has 0 aliphatic carbocycles. The minimum atomic E-state index is -0.990. The van der Waals surface area contributed by atoms with Crippen LogP contribution in [-0.2, 0) is 0 Å². The average Bonchev–Trinajstić information content (AvgIpc) is 2.35. The largest absolute Gasteiger partial charge is 0.478 e. The fourth-order valence-electron chi connectivity index (χ4n) is 1.36. The van der Waals surface area contributed by atoms with Crippen LogP contribution in [0.5, 0.6) is 0 Å². The minimum Gasteiger partial charge on any atom is -0.478 e. The first kappa shape index (κ1) is 14.2. The predicted molar refractivity (Wildman–Crippen MR) is 69.7 cm³/mol. The van der Waals surface area contributed by atoms with Gasteiger partial charge in [0.25, 0.3) is 5.91 Å². The van der Waals surface area contributed by atoms with Gasteiger partial charge in [-0.3, -0.25) is 4.79 Å². The van der Waals surface area contributed by atoms with Crippen LogP contribution in [0.25, 0.3) is 0 Å². The highest BCUT2D eigenvalue weighted by Crippen LogP contribution is 2.09. The second-order valence-corrected chi connectivity index (χ2v) is 4.81. The third kappa shape index (κ3) is 3.87. The molecule has 4 nitrogen and oxygen atoms in total. The van der Waals surface area contributed by atoms with Crippen LogP contribution in [0.2, 0.25) is 0 Å². The number of amides is 1. The molecule has 18 heavy (non-hydrogen) atoms. The van der Waals surface area contributed by atoms with Crippen LogP contribution in [-0.4, -0.2) is 23.5 Å². The van der Waals surface area contributed by atoms with Gasteiger partial charge < -0.3 is 10.4 Å². The van der Waals surface area contributed by atoms with Gasteiger partial charge in [-0.1, -0.05) is 20.8 Å². The van der Waals surface area contributed by atoms with E-state index in [2.05, 4.69) is 26.1 Å². The molecule has 2 N–H and O–H groups in total. The van der Waals surface area contributed by atoms with Crippen LogP contribution < -0.4 is 5.32 Å². The van der Waals surface area contributed by atoms with Gasteiger partial charge in [0.05, 0.1) is 5.56 Å². The average molecular weight is 249 g/mol. The van der Waals surface area contributed by atoms with Gasteiger partial charge in [-0.05, 0) is 36.1 Å². The molecular weight excluding hydrogens is 230 g/mol. The Morgan fingerprint density at radius 3 is 2.06 bits per heavy atom. The van der Waals surface area contributed by atoms with E-state index in [1.807, 2.05) is 0 Å². The van der Waals surface area contributed by atoms with Crippen molar-refractivity contribution in [1.29, 1.82) is 0 Å². The van der Waals surface area contributed by atoms with Gasteiger partial charge >= 0.3 is 5.97 Å². The SMILES string of the molecule is CC(C)C(C)CNC(=O)c1ccc(C(=O)O)cc1. The summed E-state index contributed by atoms with van der Waals surface area (Å²) in [5.41, 5.74) is 0.665. The van der Waals surface area contributed by atoms with Crippen molar-refractivity contribution in [3.8, 4) is 0 Å². The highest BCUT2D eigenvalue weighted by Gasteiger charge is 2.11. The van der Waals surface area contributed by atoms with Crippen LogP contribution in [0.3, 0.4) is 0 Å². The van der Waals surface area contributed by atoms with Crippen LogP contribution in [0.4, 0.5) is 0 Å². The molecule has 0 fully saturated rings. The maximum Gasteiger partial charge on any atom is 0.335 e. The van der Waals surface area contributed by atoms with E-state index in [4.69, 9.17) is 5.11 Å². The maximum absolute atomic E-state index is 11.8. The van der Waals surface area contributed by atoms with Gasteiger partial charge in [0.2, 0.25) is 0 Å². The number of nitrogens with one attached hydrogen (secondary N) is 1. The van der Waals surface area contributed by atoms with E-state index < -0.39 is 5.97 Å². The molecule has 0 saturated heterocycles. The summed E-state index contributed by atoms with van der Waals surface area (Å²) in [4.78, 5) is 22.5. The Hall–Kier alpha value is -1.84. The summed E-state index contributed by atoms with van der Waals surface area (Å²) < 4.78 is 0. The van der Waals surface area contributed by atoms with E-state index in [0.29, 0.717) is 23.9 Å². The molecule has 4 heteroatoms. The zero-order chi connectivity index (χ0) is 13.7.